The molecule has 0 aliphatic heterocycles. The predicted molar refractivity (Wildman–Crippen MR) is 84.1 cm³/mol. The van der Waals surface area contributed by atoms with Crippen LogP contribution in [0, 0.1) is 23.7 Å². The summed E-state index contributed by atoms with van der Waals surface area (Å²) in [4.78, 5) is 0. The maximum Gasteiger partial charge on any atom is 0.00645 e. The van der Waals surface area contributed by atoms with E-state index in [0.717, 1.165) is 30.1 Å². The molecule has 19 heavy (non-hydrogen) atoms. The summed E-state index contributed by atoms with van der Waals surface area (Å²) in [6, 6.07) is 0.473. The molecular formula is C18H35N. The van der Waals surface area contributed by atoms with E-state index in [2.05, 4.69) is 13.8 Å². The molecule has 112 valence electrons. The Morgan fingerprint density at radius 2 is 1.32 bits per heavy atom. The summed E-state index contributed by atoms with van der Waals surface area (Å²) in [6.07, 6.45) is 15.9. The van der Waals surface area contributed by atoms with Crippen LogP contribution >= 0.6 is 0 Å². The minimum atomic E-state index is 0.473. The normalized spacial score (nSPS) is 38.1. The van der Waals surface area contributed by atoms with E-state index in [-0.39, 0.29) is 0 Å². The van der Waals surface area contributed by atoms with Gasteiger partial charge in [0, 0.05) is 6.04 Å². The third kappa shape index (κ3) is 4.77. The molecule has 2 saturated carbocycles. The predicted octanol–water partition coefficient (Wildman–Crippen LogP) is 5.14. The van der Waals surface area contributed by atoms with Crippen molar-refractivity contribution < 1.29 is 0 Å². The Bertz CT molecular complexity index is 234. The largest absolute Gasteiger partial charge is 0.327 e. The fourth-order valence-electron chi connectivity index (χ4n) is 4.33. The summed E-state index contributed by atoms with van der Waals surface area (Å²) in [5.74, 6) is 3.92. The van der Waals surface area contributed by atoms with Gasteiger partial charge in [-0.15, -0.1) is 0 Å². The molecule has 0 aromatic heterocycles. The van der Waals surface area contributed by atoms with Crippen molar-refractivity contribution in [3.8, 4) is 0 Å². The maximum atomic E-state index is 6.20. The number of nitrogens with two attached hydrogens (primary N) is 1. The molecule has 0 aromatic rings. The van der Waals surface area contributed by atoms with Crippen molar-refractivity contribution >= 4 is 0 Å². The zero-order valence-electron chi connectivity index (χ0n) is 13.2. The molecule has 0 spiro atoms. The Balaban J connectivity index is 1.60. The summed E-state index contributed by atoms with van der Waals surface area (Å²) in [6.45, 7) is 4.66. The van der Waals surface area contributed by atoms with Crippen LogP contribution in [0.4, 0.5) is 0 Å². The number of rotatable bonds is 5. The molecule has 1 heteroatoms. The summed E-state index contributed by atoms with van der Waals surface area (Å²) in [5.41, 5.74) is 6.20. The minimum absolute atomic E-state index is 0.473. The average Bonchev–Trinajstić information content (AvgIpc) is 2.46. The van der Waals surface area contributed by atoms with Crippen LogP contribution < -0.4 is 5.73 Å². The Hall–Kier alpha value is -0.0400. The van der Waals surface area contributed by atoms with Crippen molar-refractivity contribution in [3.63, 3.8) is 0 Å². The molecule has 0 amide bonds. The summed E-state index contributed by atoms with van der Waals surface area (Å²) in [5, 5.41) is 0. The first-order valence-electron chi connectivity index (χ1n) is 8.94. The molecule has 2 rings (SSSR count). The SMILES string of the molecule is CCC(N)C1CCC(CCC2CCC(C)CC2)CC1. The average molecular weight is 265 g/mol. The summed E-state index contributed by atoms with van der Waals surface area (Å²) < 4.78 is 0. The van der Waals surface area contributed by atoms with E-state index in [0.29, 0.717) is 6.04 Å². The van der Waals surface area contributed by atoms with Gasteiger partial charge in [-0.05, 0) is 42.9 Å². The second-order valence-electron chi connectivity index (χ2n) is 7.56. The highest BCUT2D eigenvalue weighted by atomic mass is 14.6. The van der Waals surface area contributed by atoms with Gasteiger partial charge in [0.1, 0.15) is 0 Å². The summed E-state index contributed by atoms with van der Waals surface area (Å²) >= 11 is 0. The number of hydrogen-bond donors (Lipinski definition) is 1. The maximum absolute atomic E-state index is 6.20. The Morgan fingerprint density at radius 3 is 1.79 bits per heavy atom. The molecule has 2 N–H and O–H groups in total. The van der Waals surface area contributed by atoms with Crippen molar-refractivity contribution in [1.29, 1.82) is 0 Å². The van der Waals surface area contributed by atoms with Gasteiger partial charge in [-0.2, -0.15) is 0 Å². The first-order valence-corrected chi connectivity index (χ1v) is 8.94. The van der Waals surface area contributed by atoms with E-state index in [1.54, 1.807) is 0 Å². The molecule has 0 heterocycles. The van der Waals surface area contributed by atoms with Crippen molar-refractivity contribution in [2.24, 2.45) is 29.4 Å². The molecule has 1 unspecified atom stereocenters. The molecule has 0 radical (unpaired) electrons. The van der Waals surface area contributed by atoms with Crippen LogP contribution in [0.3, 0.4) is 0 Å². The first kappa shape index (κ1) is 15.4. The standard InChI is InChI=1S/C18H35N/c1-3-18(19)17-12-10-16(11-13-17)9-8-15-6-4-14(2)5-7-15/h14-18H,3-13,19H2,1-2H3. The molecule has 2 aliphatic rings. The van der Waals surface area contributed by atoms with E-state index in [9.17, 15) is 0 Å². The molecule has 2 aliphatic carbocycles. The third-order valence-electron chi connectivity index (χ3n) is 6.09. The highest BCUT2D eigenvalue weighted by Gasteiger charge is 2.25. The topological polar surface area (TPSA) is 26.0 Å². The molecule has 1 nitrogen and oxygen atoms in total. The Kier molecular flexibility index (Phi) is 6.19. The fraction of sp³-hybridized carbons (Fsp3) is 1.00. The second-order valence-corrected chi connectivity index (χ2v) is 7.56. The highest BCUT2D eigenvalue weighted by molar-refractivity contribution is 4.80. The lowest BCUT2D eigenvalue weighted by atomic mass is 9.74. The Morgan fingerprint density at radius 1 is 0.842 bits per heavy atom. The van der Waals surface area contributed by atoms with Gasteiger partial charge in [0.05, 0.1) is 0 Å². The quantitative estimate of drug-likeness (QED) is 0.732. The first-order chi connectivity index (χ1) is 9.19. The molecule has 0 aromatic carbocycles. The van der Waals surface area contributed by atoms with Gasteiger partial charge in [-0.1, -0.05) is 65.2 Å². The van der Waals surface area contributed by atoms with Gasteiger partial charge in [0.15, 0.2) is 0 Å². The van der Waals surface area contributed by atoms with Crippen molar-refractivity contribution in [1.82, 2.24) is 0 Å². The molecule has 2 fully saturated rings. The van der Waals surface area contributed by atoms with Crippen molar-refractivity contribution in [2.75, 3.05) is 0 Å². The lowest BCUT2D eigenvalue weighted by molar-refractivity contribution is 0.206. The fourth-order valence-corrected chi connectivity index (χ4v) is 4.33. The van der Waals surface area contributed by atoms with Crippen LogP contribution in [-0.4, -0.2) is 6.04 Å². The molecule has 1 atom stereocenters. The van der Waals surface area contributed by atoms with Crippen LogP contribution in [-0.2, 0) is 0 Å². The zero-order valence-corrected chi connectivity index (χ0v) is 13.2. The van der Waals surface area contributed by atoms with Crippen LogP contribution in [0.5, 0.6) is 0 Å². The van der Waals surface area contributed by atoms with Crippen molar-refractivity contribution in [3.05, 3.63) is 0 Å². The third-order valence-corrected chi connectivity index (χ3v) is 6.09. The second kappa shape index (κ2) is 7.67. The summed E-state index contributed by atoms with van der Waals surface area (Å²) in [7, 11) is 0. The van der Waals surface area contributed by atoms with Gasteiger partial charge < -0.3 is 5.73 Å². The molecule has 0 saturated heterocycles. The van der Waals surface area contributed by atoms with Crippen LogP contribution in [0.1, 0.15) is 84.5 Å². The smallest absolute Gasteiger partial charge is 0.00645 e. The van der Waals surface area contributed by atoms with E-state index >= 15 is 0 Å². The van der Waals surface area contributed by atoms with Gasteiger partial charge in [-0.3, -0.25) is 0 Å². The van der Waals surface area contributed by atoms with Gasteiger partial charge in [0.25, 0.3) is 0 Å². The molecular weight excluding hydrogens is 230 g/mol. The Labute approximate surface area is 120 Å². The number of hydrogen-bond acceptors (Lipinski definition) is 1. The van der Waals surface area contributed by atoms with Gasteiger partial charge in [0.2, 0.25) is 0 Å². The zero-order chi connectivity index (χ0) is 13.7. The highest BCUT2D eigenvalue weighted by Crippen LogP contribution is 2.37. The lowest BCUT2D eigenvalue weighted by Crippen LogP contribution is -2.32. The molecule has 0 bridgehead atoms. The minimum Gasteiger partial charge on any atom is -0.327 e. The van der Waals surface area contributed by atoms with E-state index in [4.69, 9.17) is 5.73 Å². The van der Waals surface area contributed by atoms with E-state index in [1.807, 2.05) is 0 Å². The van der Waals surface area contributed by atoms with E-state index in [1.165, 1.54) is 64.2 Å². The van der Waals surface area contributed by atoms with Crippen molar-refractivity contribution in [2.45, 2.75) is 90.5 Å². The monoisotopic (exact) mass is 265 g/mol. The van der Waals surface area contributed by atoms with Crippen LogP contribution in [0.15, 0.2) is 0 Å². The van der Waals surface area contributed by atoms with Gasteiger partial charge in [-0.25, -0.2) is 0 Å². The van der Waals surface area contributed by atoms with E-state index < -0.39 is 0 Å². The van der Waals surface area contributed by atoms with Crippen LogP contribution in [0.2, 0.25) is 0 Å². The van der Waals surface area contributed by atoms with Crippen LogP contribution in [0.25, 0.3) is 0 Å². The lowest BCUT2D eigenvalue weighted by Gasteiger charge is -2.33. The van der Waals surface area contributed by atoms with Gasteiger partial charge >= 0.3 is 0 Å².